The van der Waals surface area contributed by atoms with Crippen LogP contribution in [0.3, 0.4) is 0 Å². The Labute approximate surface area is 116 Å². The molecule has 0 atom stereocenters. The van der Waals surface area contributed by atoms with Gasteiger partial charge in [0.15, 0.2) is 0 Å². The molecule has 0 nitrogen and oxygen atoms in total. The third kappa shape index (κ3) is 1.53. The van der Waals surface area contributed by atoms with E-state index in [0.29, 0.717) is 5.56 Å². The molecule has 0 heterocycles. The first-order valence-electron chi connectivity index (χ1n) is 7.89. The van der Waals surface area contributed by atoms with E-state index in [1.54, 1.807) is 6.07 Å². The molecule has 0 aromatic heterocycles. The zero-order valence-corrected chi connectivity index (χ0v) is 10.4. The number of hydrogen-bond donors (Lipinski definition) is 0. The third-order valence-electron chi connectivity index (χ3n) is 3.74. The number of fused-ring (bicyclic) bond motifs is 4. The molecule has 0 saturated heterocycles. The van der Waals surface area contributed by atoms with Crippen LogP contribution in [0.1, 0.15) is 9.68 Å². The van der Waals surface area contributed by atoms with Gasteiger partial charge in [-0.15, -0.1) is 0 Å². The van der Waals surface area contributed by atoms with Crippen LogP contribution in [0.15, 0.2) is 66.7 Å². The summed E-state index contributed by atoms with van der Waals surface area (Å²) in [4.78, 5) is 0. The molecule has 0 N–H and O–H groups in total. The Morgan fingerprint density at radius 3 is 2.32 bits per heavy atom. The predicted molar refractivity (Wildman–Crippen MR) is 83.7 cm³/mol. The lowest BCUT2D eigenvalue weighted by Gasteiger charge is -2.08. The molecule has 0 saturated carbocycles. The number of benzene rings is 4. The molecule has 4 rings (SSSR count). The Kier molecular flexibility index (Phi) is 1.60. The van der Waals surface area contributed by atoms with Gasteiger partial charge in [0.25, 0.3) is 0 Å². The van der Waals surface area contributed by atoms with Crippen LogP contribution in [0.2, 0.25) is 0 Å². The molecule has 19 heavy (non-hydrogen) atoms. The standard InChI is InChI=1S/C19H14/c1-13-5-4-8-18-17(13)10-9-16-11-14-6-2-3-7-15(14)12-19(16)18/h2-12H,1H3/i1D3. The summed E-state index contributed by atoms with van der Waals surface area (Å²) >= 11 is 0. The number of rotatable bonds is 0. The van der Waals surface area contributed by atoms with Crippen molar-refractivity contribution >= 4 is 32.3 Å². The molecular weight excluding hydrogens is 228 g/mol. The van der Waals surface area contributed by atoms with Crippen molar-refractivity contribution in [3.63, 3.8) is 0 Å². The summed E-state index contributed by atoms with van der Waals surface area (Å²) < 4.78 is 23.2. The maximum atomic E-state index is 7.73. The average molecular weight is 245 g/mol. The van der Waals surface area contributed by atoms with E-state index in [0.717, 1.165) is 21.5 Å². The van der Waals surface area contributed by atoms with E-state index in [2.05, 4.69) is 24.3 Å². The van der Waals surface area contributed by atoms with Crippen LogP contribution < -0.4 is 0 Å². The van der Waals surface area contributed by atoms with Gasteiger partial charge in [-0.3, -0.25) is 0 Å². The van der Waals surface area contributed by atoms with Crippen molar-refractivity contribution in [2.45, 2.75) is 6.85 Å². The van der Waals surface area contributed by atoms with E-state index in [-0.39, 0.29) is 0 Å². The van der Waals surface area contributed by atoms with Gasteiger partial charge in [-0.05, 0) is 56.9 Å². The molecule has 4 aromatic rings. The minimum atomic E-state index is -2.09. The number of hydrogen-bond acceptors (Lipinski definition) is 0. The van der Waals surface area contributed by atoms with Crippen molar-refractivity contribution in [3.05, 3.63) is 72.3 Å². The summed E-state index contributed by atoms with van der Waals surface area (Å²) in [7, 11) is 0. The first kappa shape index (κ1) is 7.96. The molecule has 0 amide bonds. The molecular formula is C19H14. The Morgan fingerprint density at radius 1 is 0.632 bits per heavy atom. The van der Waals surface area contributed by atoms with E-state index in [4.69, 9.17) is 4.11 Å². The molecule has 0 aliphatic rings. The van der Waals surface area contributed by atoms with Crippen LogP contribution in [0, 0.1) is 6.85 Å². The molecule has 90 valence electrons. The van der Waals surface area contributed by atoms with Crippen molar-refractivity contribution < 1.29 is 4.11 Å². The number of aryl methyl sites for hydroxylation is 1. The second kappa shape index (κ2) is 3.83. The summed E-state index contributed by atoms with van der Waals surface area (Å²) in [5, 5.41) is 6.40. The quantitative estimate of drug-likeness (QED) is 0.285. The largest absolute Gasteiger partial charge is 0.0616 e. The van der Waals surface area contributed by atoms with E-state index >= 15 is 0 Å². The second-order valence-electron chi connectivity index (χ2n) is 4.89. The van der Waals surface area contributed by atoms with E-state index in [1.807, 2.05) is 36.4 Å². The monoisotopic (exact) mass is 245 g/mol. The van der Waals surface area contributed by atoms with Crippen LogP contribution >= 0.6 is 0 Å². The lowest BCUT2D eigenvalue weighted by Crippen LogP contribution is -1.82. The Balaban J connectivity index is 2.17. The minimum Gasteiger partial charge on any atom is -0.0616 e. The SMILES string of the molecule is [2H]C([2H])([2H])c1cccc2c1ccc1cc3ccccc3cc12. The maximum absolute atomic E-state index is 7.73. The summed E-state index contributed by atoms with van der Waals surface area (Å²) in [5.74, 6) is 0. The highest BCUT2D eigenvalue weighted by Gasteiger charge is 2.03. The summed E-state index contributed by atoms with van der Waals surface area (Å²) in [6.45, 7) is -2.09. The second-order valence-corrected chi connectivity index (χ2v) is 4.89. The highest BCUT2D eigenvalue weighted by Crippen LogP contribution is 2.30. The van der Waals surface area contributed by atoms with Gasteiger partial charge in [0.2, 0.25) is 0 Å². The molecule has 0 fully saturated rings. The van der Waals surface area contributed by atoms with Gasteiger partial charge in [0, 0.05) is 4.11 Å². The van der Waals surface area contributed by atoms with E-state index < -0.39 is 6.85 Å². The van der Waals surface area contributed by atoms with Crippen molar-refractivity contribution in [1.82, 2.24) is 0 Å². The van der Waals surface area contributed by atoms with Gasteiger partial charge in [-0.25, -0.2) is 0 Å². The minimum absolute atomic E-state index is 0.417. The third-order valence-corrected chi connectivity index (χ3v) is 3.74. The molecule has 4 aromatic carbocycles. The molecule has 0 aliphatic carbocycles. The van der Waals surface area contributed by atoms with Crippen LogP contribution in [0.5, 0.6) is 0 Å². The zero-order chi connectivity index (χ0) is 15.3. The van der Waals surface area contributed by atoms with Crippen LogP contribution in [-0.4, -0.2) is 0 Å². The summed E-state index contributed by atoms with van der Waals surface area (Å²) in [5.41, 5.74) is 0.417. The fourth-order valence-electron chi connectivity index (χ4n) is 2.78. The van der Waals surface area contributed by atoms with Gasteiger partial charge >= 0.3 is 0 Å². The first-order valence-corrected chi connectivity index (χ1v) is 6.39. The Bertz CT molecular complexity index is 1010. The Morgan fingerprint density at radius 2 is 1.47 bits per heavy atom. The predicted octanol–water partition coefficient (Wildman–Crippen LogP) is 5.45. The molecule has 0 radical (unpaired) electrons. The first-order chi connectivity index (χ1) is 10.5. The van der Waals surface area contributed by atoms with Crippen LogP contribution in [-0.2, 0) is 0 Å². The van der Waals surface area contributed by atoms with Crippen molar-refractivity contribution in [3.8, 4) is 0 Å². The van der Waals surface area contributed by atoms with Gasteiger partial charge in [0.05, 0.1) is 0 Å². The molecule has 0 bridgehead atoms. The highest BCUT2D eigenvalue weighted by molar-refractivity contribution is 6.12. The zero-order valence-electron chi connectivity index (χ0n) is 13.4. The average Bonchev–Trinajstić information content (AvgIpc) is 2.51. The smallest absolute Gasteiger partial charge is 0.0280 e. The van der Waals surface area contributed by atoms with Crippen molar-refractivity contribution in [2.75, 3.05) is 0 Å². The van der Waals surface area contributed by atoms with Crippen molar-refractivity contribution in [1.29, 1.82) is 0 Å². The van der Waals surface area contributed by atoms with Gasteiger partial charge < -0.3 is 0 Å². The van der Waals surface area contributed by atoms with E-state index in [1.165, 1.54) is 10.8 Å². The molecule has 0 spiro atoms. The molecule has 0 heteroatoms. The normalized spacial score (nSPS) is 14.4. The van der Waals surface area contributed by atoms with Gasteiger partial charge in [-0.2, -0.15) is 0 Å². The summed E-state index contributed by atoms with van der Waals surface area (Å²) in [6.07, 6.45) is 0. The van der Waals surface area contributed by atoms with Gasteiger partial charge in [-0.1, -0.05) is 54.6 Å². The topological polar surface area (TPSA) is 0 Å². The van der Waals surface area contributed by atoms with E-state index in [9.17, 15) is 0 Å². The molecule has 0 aliphatic heterocycles. The lowest BCUT2D eigenvalue weighted by atomic mass is 9.96. The van der Waals surface area contributed by atoms with Gasteiger partial charge in [0.1, 0.15) is 0 Å². The fourth-order valence-corrected chi connectivity index (χ4v) is 2.78. The highest BCUT2D eigenvalue weighted by atomic mass is 14.1. The summed E-state index contributed by atoms with van der Waals surface area (Å²) in [6, 6.07) is 22.0. The fraction of sp³-hybridized carbons (Fsp3) is 0.0526. The lowest BCUT2D eigenvalue weighted by molar-refractivity contribution is 1.54. The molecule has 0 unspecified atom stereocenters. The van der Waals surface area contributed by atoms with Crippen LogP contribution in [0.25, 0.3) is 32.3 Å². The maximum Gasteiger partial charge on any atom is 0.0280 e. The van der Waals surface area contributed by atoms with Crippen LogP contribution in [0.4, 0.5) is 0 Å². The Hall–Kier alpha value is -2.34. The van der Waals surface area contributed by atoms with Crippen molar-refractivity contribution in [2.24, 2.45) is 0 Å².